The van der Waals surface area contributed by atoms with Crippen molar-refractivity contribution >= 4 is 23.1 Å². The molecular formula is C20H20FN7O2. The third-order valence-electron chi connectivity index (χ3n) is 5.20. The molecule has 0 bridgehead atoms. The number of nitriles is 1. The van der Waals surface area contributed by atoms with Crippen molar-refractivity contribution in [2.75, 3.05) is 18.4 Å². The van der Waals surface area contributed by atoms with E-state index in [1.165, 1.54) is 24.5 Å². The minimum absolute atomic E-state index is 0.0273. The molecule has 0 radical (unpaired) electrons. The number of nitrogens with one attached hydrogen (secondary N) is 2. The predicted molar refractivity (Wildman–Crippen MR) is 107 cm³/mol. The first-order valence-electron chi connectivity index (χ1n) is 9.53. The van der Waals surface area contributed by atoms with Gasteiger partial charge in [-0.05, 0) is 42.7 Å². The quantitative estimate of drug-likeness (QED) is 0.593. The molecule has 3 heterocycles. The Morgan fingerprint density at radius 1 is 1.33 bits per heavy atom. The molecule has 1 saturated heterocycles. The zero-order valence-corrected chi connectivity index (χ0v) is 16.0. The van der Waals surface area contributed by atoms with Gasteiger partial charge in [0, 0.05) is 31.9 Å². The number of rotatable bonds is 5. The van der Waals surface area contributed by atoms with Gasteiger partial charge in [0.15, 0.2) is 5.82 Å². The highest BCUT2D eigenvalue weighted by Gasteiger charge is 2.22. The van der Waals surface area contributed by atoms with E-state index in [0.29, 0.717) is 17.9 Å². The Balaban J connectivity index is 1.55. The van der Waals surface area contributed by atoms with E-state index in [9.17, 15) is 9.18 Å². The Kier molecular flexibility index (Phi) is 5.45. The number of likely N-dealkylation sites (tertiary alicyclic amines) is 1. The molecule has 2 aromatic heterocycles. The van der Waals surface area contributed by atoms with Crippen LogP contribution in [0.25, 0.3) is 5.52 Å². The van der Waals surface area contributed by atoms with Crippen molar-refractivity contribution in [2.24, 2.45) is 0 Å². The van der Waals surface area contributed by atoms with E-state index >= 15 is 0 Å². The van der Waals surface area contributed by atoms with Crippen LogP contribution in [0.5, 0.6) is 0 Å². The monoisotopic (exact) mass is 409 g/mol. The molecule has 0 saturated carbocycles. The molecule has 10 heteroatoms. The number of piperidine rings is 1. The van der Waals surface area contributed by atoms with E-state index in [2.05, 4.69) is 25.6 Å². The fourth-order valence-corrected chi connectivity index (χ4v) is 3.71. The highest BCUT2D eigenvalue weighted by atomic mass is 19.1. The lowest BCUT2D eigenvalue weighted by Crippen LogP contribution is -2.43. The van der Waals surface area contributed by atoms with Gasteiger partial charge in [-0.3, -0.25) is 4.90 Å². The van der Waals surface area contributed by atoms with Crippen LogP contribution in [0, 0.1) is 17.1 Å². The first kappa shape index (κ1) is 19.6. The number of nitrogens with zero attached hydrogens (tertiary/aromatic N) is 5. The number of amides is 1. The fraction of sp³-hybridized carbons (Fsp3) is 0.300. The summed E-state index contributed by atoms with van der Waals surface area (Å²) in [4.78, 5) is 17.3. The molecule has 4 rings (SSSR count). The van der Waals surface area contributed by atoms with Gasteiger partial charge in [0.05, 0.1) is 17.3 Å². The lowest BCUT2D eigenvalue weighted by molar-refractivity contribution is 0.165. The minimum atomic E-state index is -0.993. The number of hydrogen-bond donors (Lipinski definition) is 3. The molecule has 1 aromatic carbocycles. The maximum atomic E-state index is 14.2. The van der Waals surface area contributed by atoms with E-state index in [1.54, 1.807) is 4.52 Å². The Bertz CT molecular complexity index is 1120. The van der Waals surface area contributed by atoms with Crippen molar-refractivity contribution in [3.05, 3.63) is 53.7 Å². The van der Waals surface area contributed by atoms with Crippen LogP contribution in [-0.4, -0.2) is 49.8 Å². The molecule has 0 aliphatic carbocycles. The lowest BCUT2D eigenvalue weighted by Gasteiger charge is -2.31. The number of halogens is 1. The normalized spacial score (nSPS) is 15.1. The van der Waals surface area contributed by atoms with Gasteiger partial charge < -0.3 is 15.7 Å². The van der Waals surface area contributed by atoms with Gasteiger partial charge in [-0.2, -0.15) is 10.4 Å². The molecular weight excluding hydrogens is 389 g/mol. The molecule has 9 nitrogen and oxygen atoms in total. The van der Waals surface area contributed by atoms with E-state index in [1.807, 2.05) is 18.3 Å². The molecule has 1 amide bonds. The number of carboxylic acid groups (broad SMARTS) is 1. The summed E-state index contributed by atoms with van der Waals surface area (Å²) in [6.07, 6.45) is 3.69. The summed E-state index contributed by atoms with van der Waals surface area (Å²) >= 11 is 0. The van der Waals surface area contributed by atoms with E-state index in [4.69, 9.17) is 10.4 Å². The van der Waals surface area contributed by atoms with Crippen LogP contribution in [0.1, 0.15) is 24.0 Å². The SMILES string of the molecule is N#Cc1ccc(F)c(Nc2ncnn3ccc(CN4CCC(NC(=O)O)CC4)c23)c1. The van der Waals surface area contributed by atoms with Crippen LogP contribution in [0.2, 0.25) is 0 Å². The van der Waals surface area contributed by atoms with E-state index < -0.39 is 11.9 Å². The summed E-state index contributed by atoms with van der Waals surface area (Å²) < 4.78 is 15.9. The average molecular weight is 409 g/mol. The van der Waals surface area contributed by atoms with Crippen molar-refractivity contribution in [1.82, 2.24) is 24.8 Å². The van der Waals surface area contributed by atoms with Crippen molar-refractivity contribution in [3.63, 3.8) is 0 Å². The zero-order chi connectivity index (χ0) is 21.1. The largest absolute Gasteiger partial charge is 0.465 e. The van der Waals surface area contributed by atoms with E-state index in [0.717, 1.165) is 37.0 Å². The smallest absolute Gasteiger partial charge is 0.404 e. The number of benzene rings is 1. The van der Waals surface area contributed by atoms with Crippen LogP contribution < -0.4 is 10.6 Å². The number of fused-ring (bicyclic) bond motifs is 1. The van der Waals surface area contributed by atoms with Crippen LogP contribution in [0.4, 0.5) is 20.7 Å². The molecule has 0 unspecified atom stereocenters. The minimum Gasteiger partial charge on any atom is -0.465 e. The third kappa shape index (κ3) is 4.16. The summed E-state index contributed by atoms with van der Waals surface area (Å²) in [7, 11) is 0. The van der Waals surface area contributed by atoms with Crippen molar-refractivity contribution in [2.45, 2.75) is 25.4 Å². The second kappa shape index (κ2) is 8.34. The highest BCUT2D eigenvalue weighted by Crippen LogP contribution is 2.26. The Labute approximate surface area is 171 Å². The first-order valence-corrected chi connectivity index (χ1v) is 9.53. The number of anilines is 2. The summed E-state index contributed by atoms with van der Waals surface area (Å²) in [6, 6.07) is 8.02. The standard InChI is InChI=1S/C20H20FN7O2/c21-16-2-1-13(10-22)9-17(16)26-19-18-14(3-8-28(18)24-12-23-19)11-27-6-4-15(5-7-27)25-20(29)30/h1-3,8-9,12,15,25H,4-7,11H2,(H,29,30)(H,23,24,26). The van der Waals surface area contributed by atoms with Crippen LogP contribution in [0.3, 0.4) is 0 Å². The van der Waals surface area contributed by atoms with Gasteiger partial charge in [0.1, 0.15) is 17.7 Å². The predicted octanol–water partition coefficient (Wildman–Crippen LogP) is 2.72. The van der Waals surface area contributed by atoms with Gasteiger partial charge >= 0.3 is 6.09 Å². The molecule has 1 aliphatic heterocycles. The van der Waals surface area contributed by atoms with Crippen LogP contribution in [-0.2, 0) is 6.54 Å². The Morgan fingerprint density at radius 2 is 2.13 bits per heavy atom. The fourth-order valence-electron chi connectivity index (χ4n) is 3.71. The molecule has 1 aliphatic rings. The maximum absolute atomic E-state index is 14.2. The summed E-state index contributed by atoms with van der Waals surface area (Å²) in [5.74, 6) is -0.0340. The summed E-state index contributed by atoms with van der Waals surface area (Å²) in [5.41, 5.74) is 2.21. The maximum Gasteiger partial charge on any atom is 0.404 e. The second-order valence-corrected chi connectivity index (χ2v) is 7.17. The second-order valence-electron chi connectivity index (χ2n) is 7.17. The molecule has 3 N–H and O–H groups in total. The lowest BCUT2D eigenvalue weighted by atomic mass is 10.0. The van der Waals surface area contributed by atoms with Crippen LogP contribution >= 0.6 is 0 Å². The van der Waals surface area contributed by atoms with Gasteiger partial charge in [0.2, 0.25) is 0 Å². The van der Waals surface area contributed by atoms with E-state index in [-0.39, 0.29) is 11.7 Å². The van der Waals surface area contributed by atoms with Crippen molar-refractivity contribution in [3.8, 4) is 6.07 Å². The molecule has 30 heavy (non-hydrogen) atoms. The number of carbonyl (C=O) groups is 1. The molecule has 3 aromatic rings. The molecule has 154 valence electrons. The topological polar surface area (TPSA) is 119 Å². The zero-order valence-electron chi connectivity index (χ0n) is 16.0. The van der Waals surface area contributed by atoms with Gasteiger partial charge in [0.25, 0.3) is 0 Å². The molecule has 0 spiro atoms. The van der Waals surface area contributed by atoms with Crippen LogP contribution in [0.15, 0.2) is 36.8 Å². The highest BCUT2D eigenvalue weighted by molar-refractivity contribution is 5.77. The number of aromatic nitrogens is 3. The van der Waals surface area contributed by atoms with Gasteiger partial charge in [-0.15, -0.1) is 0 Å². The summed E-state index contributed by atoms with van der Waals surface area (Å²) in [6.45, 7) is 2.16. The number of hydrogen-bond acceptors (Lipinski definition) is 6. The Morgan fingerprint density at radius 3 is 2.87 bits per heavy atom. The Hall–Kier alpha value is -3.71. The first-order chi connectivity index (χ1) is 14.5. The van der Waals surface area contributed by atoms with Gasteiger partial charge in [-0.25, -0.2) is 18.7 Å². The third-order valence-corrected chi connectivity index (χ3v) is 5.20. The molecule has 1 fully saturated rings. The van der Waals surface area contributed by atoms with Crippen molar-refractivity contribution < 1.29 is 14.3 Å². The van der Waals surface area contributed by atoms with Crippen molar-refractivity contribution in [1.29, 1.82) is 5.26 Å². The summed E-state index contributed by atoms with van der Waals surface area (Å²) in [5, 5.41) is 27.7. The average Bonchev–Trinajstić information content (AvgIpc) is 3.14. The van der Waals surface area contributed by atoms with Gasteiger partial charge in [-0.1, -0.05) is 0 Å². The molecule has 0 atom stereocenters.